The van der Waals surface area contributed by atoms with Crippen LogP contribution in [0.1, 0.15) is 48.7 Å². The highest BCUT2D eigenvalue weighted by Gasteiger charge is 2.14. The largest absolute Gasteiger partial charge is 0.493 e. The summed E-state index contributed by atoms with van der Waals surface area (Å²) >= 11 is 7.17. The molecule has 1 aromatic heterocycles. The highest BCUT2D eigenvalue weighted by Crippen LogP contribution is 2.29. The second-order valence-corrected chi connectivity index (χ2v) is 9.25. The molecule has 1 N–H and O–H groups in total. The lowest BCUT2D eigenvalue weighted by Gasteiger charge is -2.11. The van der Waals surface area contributed by atoms with Crippen LogP contribution in [0.3, 0.4) is 0 Å². The number of anilines is 1. The second-order valence-electron chi connectivity index (χ2n) is 7.75. The third-order valence-corrected chi connectivity index (χ3v) is 6.17. The Morgan fingerprint density at radius 3 is 2.66 bits per heavy atom. The number of aromatic nitrogens is 2. The minimum absolute atomic E-state index is 0.0604. The summed E-state index contributed by atoms with van der Waals surface area (Å²) in [4.78, 5) is 12.7. The third-order valence-electron chi connectivity index (χ3n) is 5.08. The van der Waals surface area contributed by atoms with Gasteiger partial charge in [0, 0.05) is 11.4 Å². The van der Waals surface area contributed by atoms with E-state index >= 15 is 0 Å². The number of halogens is 1. The van der Waals surface area contributed by atoms with E-state index in [4.69, 9.17) is 21.1 Å². The number of nitrogens with zero attached hydrogens (tertiary/aromatic N) is 3. The lowest BCUT2D eigenvalue weighted by Crippen LogP contribution is -2.13. The molecule has 0 radical (unpaired) electrons. The van der Waals surface area contributed by atoms with Crippen molar-refractivity contribution in [1.82, 2.24) is 10.2 Å². The highest BCUT2D eigenvalue weighted by atomic mass is 35.5. The zero-order chi connectivity index (χ0) is 25.0. The lowest BCUT2D eigenvalue weighted by molar-refractivity contribution is -0.112. The van der Waals surface area contributed by atoms with Crippen LogP contribution in [0.4, 0.5) is 5.13 Å². The monoisotopic (exact) mass is 510 g/mol. The molecule has 0 unspecified atom stereocenters. The first-order chi connectivity index (χ1) is 17.0. The van der Waals surface area contributed by atoms with Gasteiger partial charge < -0.3 is 9.47 Å². The van der Waals surface area contributed by atoms with Gasteiger partial charge in [0.15, 0.2) is 11.5 Å². The van der Waals surface area contributed by atoms with Crippen molar-refractivity contribution in [3.63, 3.8) is 0 Å². The predicted molar refractivity (Wildman–Crippen MR) is 139 cm³/mol. The fraction of sp³-hybridized carbons (Fsp3) is 0.308. The van der Waals surface area contributed by atoms with Crippen molar-refractivity contribution in [2.75, 3.05) is 19.0 Å². The molecule has 3 rings (SSSR count). The summed E-state index contributed by atoms with van der Waals surface area (Å²) in [7, 11) is 1.56. The number of nitrogens with one attached hydrogen (secondary N) is 1. The average molecular weight is 511 g/mol. The molecule has 0 aliphatic rings. The van der Waals surface area contributed by atoms with Crippen LogP contribution < -0.4 is 14.8 Å². The van der Waals surface area contributed by atoms with Gasteiger partial charge in [-0.05, 0) is 47.9 Å². The molecule has 182 valence electrons. The van der Waals surface area contributed by atoms with Crippen molar-refractivity contribution in [1.29, 1.82) is 5.26 Å². The molecule has 1 heterocycles. The van der Waals surface area contributed by atoms with Crippen molar-refractivity contribution >= 4 is 40.1 Å². The van der Waals surface area contributed by atoms with Gasteiger partial charge in [-0.15, -0.1) is 10.2 Å². The fourth-order valence-electron chi connectivity index (χ4n) is 3.24. The Hall–Kier alpha value is -3.41. The van der Waals surface area contributed by atoms with Crippen molar-refractivity contribution in [2.24, 2.45) is 0 Å². The molecule has 0 spiro atoms. The molecule has 7 nitrogen and oxygen atoms in total. The van der Waals surface area contributed by atoms with Gasteiger partial charge in [-0.2, -0.15) is 5.26 Å². The second kappa shape index (κ2) is 13.5. The van der Waals surface area contributed by atoms with Gasteiger partial charge in [0.05, 0.1) is 13.7 Å². The Morgan fingerprint density at radius 2 is 1.94 bits per heavy atom. The molecule has 3 aromatic rings. The number of methoxy groups -OCH3 is 1. The quantitative estimate of drug-likeness (QED) is 0.174. The maximum atomic E-state index is 12.7. The number of carbonyl (C=O) groups is 1. The molecular formula is C26H27ClN4O3S. The van der Waals surface area contributed by atoms with Gasteiger partial charge in [0.1, 0.15) is 16.6 Å². The molecule has 9 heteroatoms. The average Bonchev–Trinajstić information content (AvgIpc) is 3.30. The minimum atomic E-state index is -0.558. The number of amides is 1. The van der Waals surface area contributed by atoms with Crippen LogP contribution in [-0.4, -0.2) is 29.8 Å². The van der Waals surface area contributed by atoms with Crippen LogP contribution in [0.2, 0.25) is 5.02 Å². The molecule has 0 aliphatic heterocycles. The number of benzene rings is 2. The summed E-state index contributed by atoms with van der Waals surface area (Å²) in [6.45, 7) is 2.78. The first-order valence-corrected chi connectivity index (χ1v) is 12.5. The van der Waals surface area contributed by atoms with Crippen LogP contribution in [-0.2, 0) is 11.2 Å². The summed E-state index contributed by atoms with van der Waals surface area (Å²) in [6.07, 6.45) is 6.52. The molecule has 2 aromatic carbocycles. The summed E-state index contributed by atoms with van der Waals surface area (Å²) < 4.78 is 11.3. The summed E-state index contributed by atoms with van der Waals surface area (Å²) in [5.74, 6) is 0.617. The minimum Gasteiger partial charge on any atom is -0.493 e. The number of unbranched alkanes of at least 4 members (excludes halogenated alkanes) is 3. The van der Waals surface area contributed by atoms with E-state index in [2.05, 4.69) is 22.4 Å². The number of carbonyl (C=O) groups excluding carboxylic acids is 1. The summed E-state index contributed by atoms with van der Waals surface area (Å²) in [6, 6.07) is 14.7. The van der Waals surface area contributed by atoms with Crippen LogP contribution in [0, 0.1) is 11.3 Å². The smallest absolute Gasteiger partial charge is 0.268 e. The molecule has 0 atom stereocenters. The van der Waals surface area contributed by atoms with E-state index < -0.39 is 5.91 Å². The first-order valence-electron chi connectivity index (χ1n) is 11.3. The molecule has 0 aliphatic carbocycles. The molecule has 1 amide bonds. The fourth-order valence-corrected chi connectivity index (χ4v) is 4.13. The molecule has 0 bridgehead atoms. The summed E-state index contributed by atoms with van der Waals surface area (Å²) in [5.41, 5.74) is 1.62. The van der Waals surface area contributed by atoms with Gasteiger partial charge in [-0.1, -0.05) is 67.3 Å². The van der Waals surface area contributed by atoms with Gasteiger partial charge in [0.2, 0.25) is 5.13 Å². The predicted octanol–water partition coefficient (Wildman–Crippen LogP) is 6.30. The zero-order valence-corrected chi connectivity index (χ0v) is 21.3. The van der Waals surface area contributed by atoms with Crippen LogP contribution in [0.25, 0.3) is 6.08 Å². The van der Waals surface area contributed by atoms with E-state index in [-0.39, 0.29) is 5.57 Å². The van der Waals surface area contributed by atoms with Gasteiger partial charge in [-0.25, -0.2) is 0 Å². The third kappa shape index (κ3) is 8.09. The van der Waals surface area contributed by atoms with E-state index in [0.717, 1.165) is 23.4 Å². The SMILES string of the molecule is CCCCCCOc1ccc(/C=C(\C#N)C(=O)Nc2nnc(Cc3ccc(Cl)cc3)s2)cc1OC. The lowest BCUT2D eigenvalue weighted by atomic mass is 10.1. The number of rotatable bonds is 12. The Morgan fingerprint density at radius 1 is 1.14 bits per heavy atom. The molecule has 0 saturated carbocycles. The highest BCUT2D eigenvalue weighted by molar-refractivity contribution is 7.15. The molecule has 0 fully saturated rings. The van der Waals surface area contributed by atoms with Crippen molar-refractivity contribution in [3.05, 3.63) is 69.2 Å². The van der Waals surface area contributed by atoms with Crippen molar-refractivity contribution in [3.8, 4) is 17.6 Å². The van der Waals surface area contributed by atoms with Gasteiger partial charge in [0.25, 0.3) is 5.91 Å². The van der Waals surface area contributed by atoms with E-state index in [1.807, 2.05) is 30.3 Å². The maximum absolute atomic E-state index is 12.7. The number of ether oxygens (including phenoxy) is 2. The Labute approximate surface area is 214 Å². The van der Waals surface area contributed by atoms with Gasteiger partial charge >= 0.3 is 0 Å². The zero-order valence-electron chi connectivity index (χ0n) is 19.7. The van der Waals surface area contributed by atoms with E-state index in [9.17, 15) is 10.1 Å². The van der Waals surface area contributed by atoms with E-state index in [1.54, 1.807) is 25.3 Å². The van der Waals surface area contributed by atoms with Crippen LogP contribution >= 0.6 is 22.9 Å². The first kappa shape index (κ1) is 26.2. The Kier molecular flexibility index (Phi) is 10.1. The van der Waals surface area contributed by atoms with Gasteiger partial charge in [-0.3, -0.25) is 10.1 Å². The maximum Gasteiger partial charge on any atom is 0.268 e. The normalized spacial score (nSPS) is 11.1. The van der Waals surface area contributed by atoms with Crippen molar-refractivity contribution < 1.29 is 14.3 Å². The topological polar surface area (TPSA) is 97.1 Å². The Balaban J connectivity index is 1.63. The van der Waals surface area contributed by atoms with Crippen LogP contribution in [0.5, 0.6) is 11.5 Å². The molecular weight excluding hydrogens is 484 g/mol. The number of nitriles is 1. The number of hydrogen-bond acceptors (Lipinski definition) is 7. The standard InChI is InChI=1S/C26H27ClN4O3S/c1-3-4-5-6-13-34-22-12-9-19(15-23(22)33-2)14-20(17-28)25(32)29-26-31-30-24(35-26)16-18-7-10-21(27)11-8-18/h7-12,14-15H,3-6,13,16H2,1-2H3,(H,29,31,32)/b20-14+. The summed E-state index contributed by atoms with van der Waals surface area (Å²) in [5, 5.41) is 22.1. The number of hydrogen-bond donors (Lipinski definition) is 1. The molecule has 0 saturated heterocycles. The van der Waals surface area contributed by atoms with E-state index in [1.165, 1.54) is 30.3 Å². The van der Waals surface area contributed by atoms with Crippen molar-refractivity contribution in [2.45, 2.75) is 39.0 Å². The Bertz CT molecular complexity index is 1200. The molecule has 35 heavy (non-hydrogen) atoms. The van der Waals surface area contributed by atoms with E-state index in [0.29, 0.717) is 40.2 Å². The van der Waals surface area contributed by atoms with Crippen LogP contribution in [0.15, 0.2) is 48.0 Å².